The highest BCUT2D eigenvalue weighted by Crippen LogP contribution is 2.53. The normalized spacial score (nSPS) is 18.8. The Labute approximate surface area is 81.5 Å². The summed E-state index contributed by atoms with van der Waals surface area (Å²) in [5, 5.41) is 0. The standard InChI is InChI=1S/C8H17O3PSi/c1-7-8(2)12(9,10-3)11-13(4,5)6/h1,8H,2-6H3/t8-,12+/m0/s1. The summed E-state index contributed by atoms with van der Waals surface area (Å²) in [5.41, 5.74) is -0.482. The Morgan fingerprint density at radius 2 is 1.92 bits per heavy atom. The first-order chi connectivity index (χ1) is 5.75. The Morgan fingerprint density at radius 3 is 2.15 bits per heavy atom. The topological polar surface area (TPSA) is 35.5 Å². The average Bonchev–Trinajstić information content (AvgIpc) is 1.99. The summed E-state index contributed by atoms with van der Waals surface area (Å²) >= 11 is 0. The monoisotopic (exact) mass is 220 g/mol. The van der Waals surface area contributed by atoms with Crippen LogP contribution in [0.15, 0.2) is 0 Å². The summed E-state index contributed by atoms with van der Waals surface area (Å²) in [5.74, 6) is 2.39. The molecule has 0 amide bonds. The zero-order chi connectivity index (χ0) is 10.7. The molecule has 0 bridgehead atoms. The molecule has 3 nitrogen and oxygen atoms in total. The van der Waals surface area contributed by atoms with E-state index in [4.69, 9.17) is 15.2 Å². The second kappa shape index (κ2) is 4.43. The number of hydrogen-bond donors (Lipinski definition) is 0. The van der Waals surface area contributed by atoms with Gasteiger partial charge in [0.1, 0.15) is 5.66 Å². The Balaban J connectivity index is 4.69. The van der Waals surface area contributed by atoms with Crippen LogP contribution in [-0.2, 0) is 13.3 Å². The van der Waals surface area contributed by atoms with Crippen LogP contribution in [0.3, 0.4) is 0 Å². The molecule has 0 radical (unpaired) electrons. The quantitative estimate of drug-likeness (QED) is 0.415. The van der Waals surface area contributed by atoms with Gasteiger partial charge in [-0.05, 0) is 26.6 Å². The molecule has 0 aliphatic heterocycles. The predicted octanol–water partition coefficient (Wildman–Crippen LogP) is 2.70. The van der Waals surface area contributed by atoms with Crippen molar-refractivity contribution < 1.29 is 13.3 Å². The van der Waals surface area contributed by atoms with Crippen LogP contribution >= 0.6 is 7.60 Å². The zero-order valence-corrected chi connectivity index (χ0v) is 10.7. The Morgan fingerprint density at radius 1 is 1.46 bits per heavy atom. The maximum atomic E-state index is 12.0. The van der Waals surface area contributed by atoms with Crippen molar-refractivity contribution in [2.75, 3.05) is 7.11 Å². The Bertz CT molecular complexity index is 251. The molecule has 13 heavy (non-hydrogen) atoms. The van der Waals surface area contributed by atoms with Crippen LogP contribution < -0.4 is 0 Å². The average molecular weight is 220 g/mol. The lowest BCUT2D eigenvalue weighted by atomic mass is 10.5. The summed E-state index contributed by atoms with van der Waals surface area (Å²) in [6, 6.07) is 0. The summed E-state index contributed by atoms with van der Waals surface area (Å²) < 4.78 is 22.3. The van der Waals surface area contributed by atoms with Crippen molar-refractivity contribution in [2.45, 2.75) is 32.2 Å². The molecule has 0 heterocycles. The summed E-state index contributed by atoms with van der Waals surface area (Å²) in [4.78, 5) is 0. The van der Waals surface area contributed by atoms with Crippen molar-refractivity contribution in [2.24, 2.45) is 0 Å². The third-order valence-corrected chi connectivity index (χ3v) is 6.19. The van der Waals surface area contributed by atoms with E-state index in [1.165, 1.54) is 7.11 Å². The third-order valence-electron chi connectivity index (χ3n) is 1.37. The van der Waals surface area contributed by atoms with E-state index in [1.807, 2.05) is 19.6 Å². The van der Waals surface area contributed by atoms with E-state index in [2.05, 4.69) is 5.92 Å². The molecular weight excluding hydrogens is 203 g/mol. The number of terminal acetylenes is 1. The smallest absolute Gasteiger partial charge is 0.335 e. The van der Waals surface area contributed by atoms with E-state index in [9.17, 15) is 4.57 Å². The Kier molecular flexibility index (Phi) is 4.41. The van der Waals surface area contributed by atoms with Crippen LogP contribution in [0.2, 0.25) is 19.6 Å². The van der Waals surface area contributed by atoms with Gasteiger partial charge >= 0.3 is 7.60 Å². The van der Waals surface area contributed by atoms with E-state index < -0.39 is 21.6 Å². The molecule has 0 N–H and O–H groups in total. The van der Waals surface area contributed by atoms with Gasteiger partial charge in [-0.1, -0.05) is 5.92 Å². The molecule has 0 rings (SSSR count). The van der Waals surface area contributed by atoms with E-state index >= 15 is 0 Å². The van der Waals surface area contributed by atoms with Crippen LogP contribution in [0.5, 0.6) is 0 Å². The molecule has 76 valence electrons. The summed E-state index contributed by atoms with van der Waals surface area (Å²) in [7, 11) is -3.59. The maximum absolute atomic E-state index is 12.0. The van der Waals surface area contributed by atoms with Gasteiger partial charge in [0.2, 0.25) is 0 Å². The molecule has 0 aromatic rings. The largest absolute Gasteiger partial charge is 0.350 e. The lowest BCUT2D eigenvalue weighted by molar-refractivity contribution is 0.316. The van der Waals surface area contributed by atoms with Crippen molar-refractivity contribution >= 4 is 15.9 Å². The van der Waals surface area contributed by atoms with E-state index in [-0.39, 0.29) is 0 Å². The van der Waals surface area contributed by atoms with Gasteiger partial charge in [-0.25, -0.2) is 0 Å². The minimum absolute atomic E-state index is 0.482. The summed E-state index contributed by atoms with van der Waals surface area (Å²) in [6.07, 6.45) is 5.19. The van der Waals surface area contributed by atoms with Crippen molar-refractivity contribution in [1.29, 1.82) is 0 Å². The van der Waals surface area contributed by atoms with Crippen molar-refractivity contribution in [3.8, 4) is 12.3 Å². The SMILES string of the molecule is C#C[C@H](C)[P@@](=O)(OC)O[Si](C)(C)C. The molecule has 2 atom stereocenters. The molecule has 0 saturated heterocycles. The van der Waals surface area contributed by atoms with Crippen LogP contribution in [0.4, 0.5) is 0 Å². The van der Waals surface area contributed by atoms with Gasteiger partial charge in [0.25, 0.3) is 0 Å². The van der Waals surface area contributed by atoms with Gasteiger partial charge < -0.3 is 8.74 Å². The maximum Gasteiger partial charge on any atom is 0.335 e. The molecule has 0 aromatic carbocycles. The molecule has 5 heteroatoms. The first-order valence-corrected chi connectivity index (χ1v) is 9.09. The van der Waals surface area contributed by atoms with Crippen molar-refractivity contribution in [1.82, 2.24) is 0 Å². The fourth-order valence-corrected chi connectivity index (χ4v) is 5.23. The first-order valence-electron chi connectivity index (χ1n) is 4.07. The van der Waals surface area contributed by atoms with Gasteiger partial charge in [-0.3, -0.25) is 4.57 Å². The fourth-order valence-electron chi connectivity index (χ4n) is 0.747. The number of rotatable bonds is 4. The minimum atomic E-state index is -3.09. The molecule has 0 aliphatic rings. The van der Waals surface area contributed by atoms with Gasteiger partial charge in [0.05, 0.1) is 0 Å². The second-order valence-electron chi connectivity index (χ2n) is 3.77. The van der Waals surface area contributed by atoms with Crippen LogP contribution in [0, 0.1) is 12.3 Å². The zero-order valence-electron chi connectivity index (χ0n) is 8.83. The minimum Gasteiger partial charge on any atom is -0.350 e. The highest BCUT2D eigenvalue weighted by Gasteiger charge is 2.35. The van der Waals surface area contributed by atoms with Crippen LogP contribution in [0.1, 0.15) is 6.92 Å². The van der Waals surface area contributed by atoms with E-state index in [0.717, 1.165) is 0 Å². The van der Waals surface area contributed by atoms with Crippen molar-refractivity contribution in [3.63, 3.8) is 0 Å². The van der Waals surface area contributed by atoms with Gasteiger partial charge in [0, 0.05) is 7.11 Å². The predicted molar refractivity (Wildman–Crippen MR) is 57.3 cm³/mol. The van der Waals surface area contributed by atoms with Crippen molar-refractivity contribution in [3.05, 3.63) is 0 Å². The van der Waals surface area contributed by atoms with Gasteiger partial charge in [-0.2, -0.15) is 0 Å². The fraction of sp³-hybridized carbons (Fsp3) is 0.750. The number of hydrogen-bond acceptors (Lipinski definition) is 3. The second-order valence-corrected chi connectivity index (χ2v) is 10.9. The van der Waals surface area contributed by atoms with E-state index in [1.54, 1.807) is 6.92 Å². The third kappa shape index (κ3) is 4.10. The van der Waals surface area contributed by atoms with Crippen LogP contribution in [-0.4, -0.2) is 21.1 Å². The highest BCUT2D eigenvalue weighted by atomic mass is 31.2. The van der Waals surface area contributed by atoms with Gasteiger partial charge in [0.15, 0.2) is 8.32 Å². The van der Waals surface area contributed by atoms with Crippen LogP contribution in [0.25, 0.3) is 0 Å². The molecule has 0 aromatic heterocycles. The molecule has 0 aliphatic carbocycles. The lowest BCUT2D eigenvalue weighted by Crippen LogP contribution is -2.26. The van der Waals surface area contributed by atoms with Gasteiger partial charge in [-0.15, -0.1) is 6.42 Å². The first kappa shape index (κ1) is 12.9. The molecule has 0 fully saturated rings. The summed E-state index contributed by atoms with van der Waals surface area (Å²) in [6.45, 7) is 7.51. The molecule has 0 spiro atoms. The molecule has 0 saturated carbocycles. The van der Waals surface area contributed by atoms with E-state index in [0.29, 0.717) is 0 Å². The highest BCUT2D eigenvalue weighted by molar-refractivity contribution is 7.56. The molecule has 0 unspecified atom stereocenters. The molecular formula is C8H17O3PSi. The Hall–Kier alpha value is -0.0731. The lowest BCUT2D eigenvalue weighted by Gasteiger charge is -2.26.